The van der Waals surface area contributed by atoms with Crippen LogP contribution in [0.2, 0.25) is 0 Å². The minimum absolute atomic E-state index is 0.00753. The predicted octanol–water partition coefficient (Wildman–Crippen LogP) is 2.04. The molecule has 36 heavy (non-hydrogen) atoms. The van der Waals surface area contributed by atoms with Gasteiger partial charge in [-0.2, -0.15) is 15.0 Å². The predicted molar refractivity (Wildman–Crippen MR) is 127 cm³/mol. The molecule has 0 aliphatic heterocycles. The van der Waals surface area contributed by atoms with E-state index in [1.807, 2.05) is 0 Å². The van der Waals surface area contributed by atoms with E-state index < -0.39 is 17.1 Å². The van der Waals surface area contributed by atoms with Gasteiger partial charge < -0.3 is 0 Å². The van der Waals surface area contributed by atoms with E-state index in [1.54, 1.807) is 0 Å². The van der Waals surface area contributed by atoms with Crippen LogP contribution < -0.4 is 17.1 Å². The number of hydrogen-bond donors (Lipinski definition) is 0. The molecule has 0 N–H and O–H groups in total. The van der Waals surface area contributed by atoms with Crippen molar-refractivity contribution in [2.24, 2.45) is 15.0 Å². The SMILES string of the molecule is O=C=Nc1cccc(-n2c(=O)n(-c3cccc(N=C=O)c3)c(=O)n(-c3cccc(N=C=O)c3)c2=O)c1. The molecule has 12 heteroatoms. The molecule has 0 amide bonds. The molecular weight excluding hydrogens is 468 g/mol. The van der Waals surface area contributed by atoms with Crippen LogP contribution in [-0.2, 0) is 14.4 Å². The molecule has 4 rings (SSSR count). The Hall–Kier alpha value is -5.79. The maximum atomic E-state index is 13.5. The fourth-order valence-electron chi connectivity index (χ4n) is 3.47. The Balaban J connectivity index is 2.16. The number of benzene rings is 3. The van der Waals surface area contributed by atoms with Crippen LogP contribution in [0.4, 0.5) is 17.1 Å². The van der Waals surface area contributed by atoms with E-state index in [2.05, 4.69) is 15.0 Å². The number of aliphatic imine (C=N–C) groups is 3. The molecule has 0 spiro atoms. The first kappa shape index (κ1) is 23.4. The average Bonchev–Trinajstić information content (AvgIpc) is 2.85. The second-order valence-corrected chi connectivity index (χ2v) is 7.02. The van der Waals surface area contributed by atoms with Gasteiger partial charge in [-0.1, -0.05) is 18.2 Å². The van der Waals surface area contributed by atoms with Gasteiger partial charge in [-0.25, -0.2) is 42.5 Å². The molecule has 0 saturated carbocycles. The van der Waals surface area contributed by atoms with Gasteiger partial charge in [0.2, 0.25) is 18.2 Å². The molecule has 0 aliphatic rings. The standard InChI is InChI=1S/C24H12N6O6/c31-13-25-16-4-1-7-19(10-16)28-22(34)29(20-8-2-5-17(11-20)26-14-32)24(36)30(23(28)35)21-9-3-6-18(12-21)27-15-33/h1-12H. The van der Waals surface area contributed by atoms with Gasteiger partial charge in [0.15, 0.2) is 0 Å². The van der Waals surface area contributed by atoms with Crippen LogP contribution in [0.15, 0.2) is 102 Å². The van der Waals surface area contributed by atoms with Crippen LogP contribution in [0.25, 0.3) is 17.1 Å². The third kappa shape index (κ3) is 4.36. The van der Waals surface area contributed by atoms with E-state index >= 15 is 0 Å². The quantitative estimate of drug-likeness (QED) is 0.304. The number of isocyanates is 3. The van der Waals surface area contributed by atoms with Crippen molar-refractivity contribution in [1.29, 1.82) is 0 Å². The lowest BCUT2D eigenvalue weighted by molar-refractivity contribution is 0.564. The Kier molecular flexibility index (Phi) is 6.49. The van der Waals surface area contributed by atoms with Gasteiger partial charge in [0.25, 0.3) is 0 Å². The molecule has 0 fully saturated rings. The zero-order chi connectivity index (χ0) is 25.7. The largest absolute Gasteiger partial charge is 0.345 e. The summed E-state index contributed by atoms with van der Waals surface area (Å²) in [4.78, 5) is 83.2. The molecular formula is C24H12N6O6. The summed E-state index contributed by atoms with van der Waals surface area (Å²) in [6, 6.07) is 16.8. The minimum Gasteiger partial charge on any atom is -0.246 e. The monoisotopic (exact) mass is 480 g/mol. The molecule has 1 heterocycles. The lowest BCUT2D eigenvalue weighted by Crippen LogP contribution is -2.52. The van der Waals surface area contributed by atoms with Gasteiger partial charge in [0.1, 0.15) is 0 Å². The van der Waals surface area contributed by atoms with Crippen LogP contribution in [0.1, 0.15) is 0 Å². The highest BCUT2D eigenvalue weighted by Crippen LogP contribution is 2.18. The average molecular weight is 480 g/mol. The summed E-state index contributed by atoms with van der Waals surface area (Å²) in [7, 11) is 0. The summed E-state index contributed by atoms with van der Waals surface area (Å²) in [6.45, 7) is 0. The number of rotatable bonds is 6. The topological polar surface area (TPSA) is 154 Å². The zero-order valence-electron chi connectivity index (χ0n) is 18.1. The van der Waals surface area contributed by atoms with Gasteiger partial charge in [0.05, 0.1) is 34.1 Å². The molecule has 0 saturated heterocycles. The summed E-state index contributed by atoms with van der Waals surface area (Å²) in [5.41, 5.74) is -2.75. The Morgan fingerprint density at radius 2 is 0.750 bits per heavy atom. The van der Waals surface area contributed by atoms with Crippen molar-refractivity contribution in [1.82, 2.24) is 13.7 Å². The van der Waals surface area contributed by atoms with Crippen molar-refractivity contribution < 1.29 is 14.4 Å². The first-order valence-corrected chi connectivity index (χ1v) is 10.0. The van der Waals surface area contributed by atoms with Crippen LogP contribution in [0, 0.1) is 0 Å². The Labute approximate surface area is 200 Å². The van der Waals surface area contributed by atoms with E-state index in [1.165, 1.54) is 91.0 Å². The molecule has 1 aromatic heterocycles. The highest BCUT2D eigenvalue weighted by atomic mass is 16.2. The Morgan fingerprint density at radius 1 is 0.472 bits per heavy atom. The number of carbonyl (C=O) groups excluding carboxylic acids is 3. The fourth-order valence-corrected chi connectivity index (χ4v) is 3.47. The van der Waals surface area contributed by atoms with Crippen molar-refractivity contribution in [2.45, 2.75) is 0 Å². The summed E-state index contributed by atoms with van der Waals surface area (Å²) in [5.74, 6) is 0. The van der Waals surface area contributed by atoms with Crippen LogP contribution in [0.5, 0.6) is 0 Å². The van der Waals surface area contributed by atoms with E-state index in [-0.39, 0.29) is 34.1 Å². The van der Waals surface area contributed by atoms with Crippen LogP contribution in [-0.4, -0.2) is 31.9 Å². The molecule has 0 atom stereocenters. The van der Waals surface area contributed by atoms with Crippen LogP contribution in [0.3, 0.4) is 0 Å². The lowest BCUT2D eigenvalue weighted by atomic mass is 10.2. The van der Waals surface area contributed by atoms with Gasteiger partial charge >= 0.3 is 17.1 Å². The van der Waals surface area contributed by atoms with Crippen molar-refractivity contribution in [3.8, 4) is 17.1 Å². The molecule has 0 unspecified atom stereocenters. The first-order valence-electron chi connectivity index (χ1n) is 10.0. The van der Waals surface area contributed by atoms with Crippen molar-refractivity contribution in [3.63, 3.8) is 0 Å². The first-order chi connectivity index (χ1) is 17.5. The second kappa shape index (κ2) is 10.0. The van der Waals surface area contributed by atoms with Gasteiger partial charge in [0, 0.05) is 0 Å². The smallest absolute Gasteiger partial charge is 0.246 e. The zero-order valence-corrected chi connectivity index (χ0v) is 18.1. The highest BCUT2D eigenvalue weighted by Gasteiger charge is 2.20. The molecule has 0 aliphatic carbocycles. The third-order valence-corrected chi connectivity index (χ3v) is 4.94. The molecule has 12 nitrogen and oxygen atoms in total. The number of nitrogens with zero attached hydrogens (tertiary/aromatic N) is 6. The Morgan fingerprint density at radius 3 is 1.00 bits per heavy atom. The normalized spacial score (nSPS) is 10.0. The van der Waals surface area contributed by atoms with Gasteiger partial charge in [-0.3, -0.25) is 0 Å². The molecule has 174 valence electrons. The maximum absolute atomic E-state index is 13.5. The van der Waals surface area contributed by atoms with Crippen molar-refractivity contribution in [2.75, 3.05) is 0 Å². The molecule has 3 aromatic carbocycles. The van der Waals surface area contributed by atoms with E-state index in [0.29, 0.717) is 13.7 Å². The van der Waals surface area contributed by atoms with Gasteiger partial charge in [-0.05, 0) is 54.6 Å². The summed E-state index contributed by atoms with van der Waals surface area (Å²) < 4.78 is 2.11. The minimum atomic E-state index is -1.04. The van der Waals surface area contributed by atoms with Crippen molar-refractivity contribution in [3.05, 3.63) is 104 Å². The maximum Gasteiger partial charge on any atom is 0.345 e. The van der Waals surface area contributed by atoms with E-state index in [4.69, 9.17) is 0 Å². The molecule has 0 radical (unpaired) electrons. The summed E-state index contributed by atoms with van der Waals surface area (Å²) in [5, 5.41) is 0. The molecule has 0 bridgehead atoms. The lowest BCUT2D eigenvalue weighted by Gasteiger charge is -2.14. The van der Waals surface area contributed by atoms with Crippen LogP contribution >= 0.6 is 0 Å². The summed E-state index contributed by atoms with van der Waals surface area (Å²) in [6.07, 6.45) is 4.13. The summed E-state index contributed by atoms with van der Waals surface area (Å²) >= 11 is 0. The number of hydrogen-bond acceptors (Lipinski definition) is 9. The fraction of sp³-hybridized carbons (Fsp3) is 0. The van der Waals surface area contributed by atoms with E-state index in [0.717, 1.165) is 0 Å². The second-order valence-electron chi connectivity index (χ2n) is 7.02. The number of aromatic nitrogens is 3. The van der Waals surface area contributed by atoms with Gasteiger partial charge in [-0.15, -0.1) is 0 Å². The highest BCUT2D eigenvalue weighted by molar-refractivity contribution is 5.56. The third-order valence-electron chi connectivity index (χ3n) is 4.94. The van der Waals surface area contributed by atoms with E-state index in [9.17, 15) is 28.8 Å². The Bertz CT molecular complexity index is 1590. The van der Waals surface area contributed by atoms with Crippen molar-refractivity contribution >= 4 is 35.3 Å². The molecule has 4 aromatic rings.